The molecule has 1 aliphatic rings. The maximum Gasteiger partial charge on any atom is 0.282 e. The summed E-state index contributed by atoms with van der Waals surface area (Å²) in [6.45, 7) is 0. The van der Waals surface area contributed by atoms with Gasteiger partial charge in [0.2, 0.25) is 10.1 Å². The molecule has 16 heavy (non-hydrogen) atoms. The van der Waals surface area contributed by atoms with E-state index in [1.165, 1.54) is 12.8 Å². The minimum atomic E-state index is -0.153. The normalized spacial score (nSPS) is 24.6. The first-order chi connectivity index (χ1) is 7.70. The van der Waals surface area contributed by atoms with Gasteiger partial charge >= 0.3 is 0 Å². The Morgan fingerprint density at radius 2 is 2.38 bits per heavy atom. The Kier molecular flexibility index (Phi) is 3.65. The number of amides is 1. The molecule has 1 aromatic heterocycles. The standard InChI is InChI=1S/C9H14N4OS2/c1-15-6-4-2-3-5(6)11-7(14)8-12-13-9(10)16-8/h5-6H,2-4H2,1H3,(H2,10,13)(H,11,14). The zero-order valence-electron chi connectivity index (χ0n) is 8.97. The molecule has 2 rings (SSSR count). The molecule has 0 bridgehead atoms. The summed E-state index contributed by atoms with van der Waals surface area (Å²) in [5.74, 6) is -0.153. The predicted molar refractivity (Wildman–Crippen MR) is 66.7 cm³/mol. The summed E-state index contributed by atoms with van der Waals surface area (Å²) in [5.41, 5.74) is 5.44. The van der Waals surface area contributed by atoms with E-state index >= 15 is 0 Å². The summed E-state index contributed by atoms with van der Waals surface area (Å²) in [6.07, 6.45) is 5.47. The van der Waals surface area contributed by atoms with E-state index < -0.39 is 0 Å². The molecule has 1 saturated carbocycles. The maximum atomic E-state index is 11.8. The fourth-order valence-corrected chi connectivity index (χ4v) is 3.38. The van der Waals surface area contributed by atoms with E-state index in [4.69, 9.17) is 5.73 Å². The van der Waals surface area contributed by atoms with Crippen molar-refractivity contribution >= 4 is 34.1 Å². The lowest BCUT2D eigenvalue weighted by atomic mass is 10.2. The van der Waals surface area contributed by atoms with Gasteiger partial charge in [0, 0.05) is 11.3 Å². The minimum Gasteiger partial charge on any atom is -0.374 e. The molecule has 1 aliphatic carbocycles. The Hall–Kier alpha value is -0.820. The van der Waals surface area contributed by atoms with Crippen LogP contribution in [0.25, 0.3) is 0 Å². The summed E-state index contributed by atoms with van der Waals surface area (Å²) in [5, 5.41) is 11.6. The van der Waals surface area contributed by atoms with Gasteiger partial charge in [0.15, 0.2) is 0 Å². The van der Waals surface area contributed by atoms with Gasteiger partial charge < -0.3 is 11.1 Å². The molecular formula is C9H14N4OS2. The highest BCUT2D eigenvalue weighted by atomic mass is 32.2. The monoisotopic (exact) mass is 258 g/mol. The van der Waals surface area contributed by atoms with E-state index in [-0.39, 0.29) is 11.9 Å². The van der Waals surface area contributed by atoms with Crippen molar-refractivity contribution in [2.75, 3.05) is 12.0 Å². The summed E-state index contributed by atoms with van der Waals surface area (Å²) in [6, 6.07) is 0.257. The van der Waals surface area contributed by atoms with Crippen LogP contribution in [0.4, 0.5) is 5.13 Å². The van der Waals surface area contributed by atoms with Crippen molar-refractivity contribution in [1.82, 2.24) is 15.5 Å². The Bertz CT molecular complexity index is 381. The van der Waals surface area contributed by atoms with Crippen LogP contribution in [0.5, 0.6) is 0 Å². The maximum absolute atomic E-state index is 11.8. The highest BCUT2D eigenvalue weighted by molar-refractivity contribution is 7.99. The molecule has 1 aromatic rings. The Balaban J connectivity index is 1.97. The third kappa shape index (κ3) is 2.46. The lowest BCUT2D eigenvalue weighted by Gasteiger charge is -2.18. The van der Waals surface area contributed by atoms with Crippen molar-refractivity contribution in [3.05, 3.63) is 5.01 Å². The topological polar surface area (TPSA) is 80.9 Å². The van der Waals surface area contributed by atoms with Gasteiger partial charge in [-0.2, -0.15) is 11.8 Å². The smallest absolute Gasteiger partial charge is 0.282 e. The van der Waals surface area contributed by atoms with Crippen LogP contribution in [0.3, 0.4) is 0 Å². The van der Waals surface area contributed by atoms with Gasteiger partial charge in [-0.25, -0.2) is 0 Å². The average Bonchev–Trinajstić information content (AvgIpc) is 2.86. The molecule has 7 heteroatoms. The number of aromatic nitrogens is 2. The van der Waals surface area contributed by atoms with Gasteiger partial charge in [-0.15, -0.1) is 10.2 Å². The Labute approximate surface area is 102 Å². The van der Waals surface area contributed by atoms with E-state index in [1.54, 1.807) is 0 Å². The van der Waals surface area contributed by atoms with E-state index in [0.29, 0.717) is 15.4 Å². The summed E-state index contributed by atoms with van der Waals surface area (Å²) >= 11 is 2.94. The van der Waals surface area contributed by atoms with Gasteiger partial charge in [0.05, 0.1) is 0 Å². The zero-order valence-corrected chi connectivity index (χ0v) is 10.6. The number of nitrogens with two attached hydrogens (primary N) is 1. The molecule has 1 fully saturated rings. The summed E-state index contributed by atoms with van der Waals surface area (Å²) in [7, 11) is 0. The Morgan fingerprint density at radius 3 is 3.00 bits per heavy atom. The first kappa shape index (κ1) is 11.7. The molecule has 0 radical (unpaired) electrons. The van der Waals surface area contributed by atoms with E-state index in [0.717, 1.165) is 17.8 Å². The van der Waals surface area contributed by atoms with Crippen LogP contribution >= 0.6 is 23.1 Å². The average molecular weight is 258 g/mol. The number of nitrogens with one attached hydrogen (secondary N) is 1. The number of nitrogen functional groups attached to an aromatic ring is 1. The highest BCUT2D eigenvalue weighted by Gasteiger charge is 2.28. The molecule has 2 unspecified atom stereocenters. The second-order valence-electron chi connectivity index (χ2n) is 3.73. The molecule has 88 valence electrons. The molecule has 0 saturated heterocycles. The van der Waals surface area contributed by atoms with Gasteiger partial charge in [0.1, 0.15) is 0 Å². The van der Waals surface area contributed by atoms with Gasteiger partial charge in [-0.1, -0.05) is 17.8 Å². The van der Waals surface area contributed by atoms with E-state index in [9.17, 15) is 4.79 Å². The number of hydrogen-bond donors (Lipinski definition) is 2. The quantitative estimate of drug-likeness (QED) is 0.849. The molecule has 1 amide bonds. The lowest BCUT2D eigenvalue weighted by Crippen LogP contribution is -2.38. The number of thioether (sulfide) groups is 1. The predicted octanol–water partition coefficient (Wildman–Crippen LogP) is 1.13. The summed E-state index contributed by atoms with van der Waals surface area (Å²) in [4.78, 5) is 11.8. The molecule has 5 nitrogen and oxygen atoms in total. The molecule has 0 aromatic carbocycles. The van der Waals surface area contributed by atoms with Crippen LogP contribution in [-0.2, 0) is 0 Å². The van der Waals surface area contributed by atoms with Crippen molar-refractivity contribution in [3.63, 3.8) is 0 Å². The third-order valence-corrected chi connectivity index (χ3v) is 4.63. The third-order valence-electron chi connectivity index (χ3n) is 2.71. The van der Waals surface area contributed by atoms with Crippen molar-refractivity contribution < 1.29 is 4.79 Å². The van der Waals surface area contributed by atoms with Crippen molar-refractivity contribution in [1.29, 1.82) is 0 Å². The van der Waals surface area contributed by atoms with Crippen molar-refractivity contribution in [3.8, 4) is 0 Å². The fraction of sp³-hybridized carbons (Fsp3) is 0.667. The molecule has 3 N–H and O–H groups in total. The SMILES string of the molecule is CSC1CCCC1NC(=O)c1nnc(N)s1. The molecule has 0 spiro atoms. The van der Waals surface area contributed by atoms with Crippen LogP contribution in [0, 0.1) is 0 Å². The number of carbonyl (C=O) groups is 1. The first-order valence-electron chi connectivity index (χ1n) is 5.13. The number of carbonyl (C=O) groups excluding carboxylic acids is 1. The second-order valence-corrected chi connectivity index (χ2v) is 5.82. The molecular weight excluding hydrogens is 244 g/mol. The van der Waals surface area contributed by atoms with Gasteiger partial charge in [0.25, 0.3) is 5.91 Å². The number of rotatable bonds is 3. The number of hydrogen-bond acceptors (Lipinski definition) is 6. The minimum absolute atomic E-state index is 0.153. The largest absolute Gasteiger partial charge is 0.374 e. The van der Waals surface area contributed by atoms with Crippen LogP contribution < -0.4 is 11.1 Å². The van der Waals surface area contributed by atoms with E-state index in [1.807, 2.05) is 11.8 Å². The number of anilines is 1. The van der Waals surface area contributed by atoms with Crippen LogP contribution in [0.1, 0.15) is 29.1 Å². The first-order valence-corrected chi connectivity index (χ1v) is 7.24. The van der Waals surface area contributed by atoms with Crippen LogP contribution in [0.15, 0.2) is 0 Å². The zero-order chi connectivity index (χ0) is 11.5. The highest BCUT2D eigenvalue weighted by Crippen LogP contribution is 2.28. The molecule has 1 heterocycles. The fourth-order valence-electron chi connectivity index (χ4n) is 1.93. The van der Waals surface area contributed by atoms with Gasteiger partial charge in [-0.05, 0) is 19.1 Å². The summed E-state index contributed by atoms with van der Waals surface area (Å²) < 4.78 is 0. The van der Waals surface area contributed by atoms with Crippen LogP contribution in [0.2, 0.25) is 0 Å². The second kappa shape index (κ2) is 5.01. The molecule has 2 atom stereocenters. The molecule has 0 aliphatic heterocycles. The van der Waals surface area contributed by atoms with Gasteiger partial charge in [-0.3, -0.25) is 4.79 Å². The lowest BCUT2D eigenvalue weighted by molar-refractivity contribution is 0.0937. The van der Waals surface area contributed by atoms with E-state index in [2.05, 4.69) is 21.8 Å². The number of nitrogens with zero attached hydrogens (tertiary/aromatic N) is 2. The Morgan fingerprint density at radius 1 is 1.56 bits per heavy atom. The van der Waals surface area contributed by atoms with Crippen molar-refractivity contribution in [2.45, 2.75) is 30.6 Å². The van der Waals surface area contributed by atoms with Crippen LogP contribution in [-0.4, -0.2) is 33.7 Å². The van der Waals surface area contributed by atoms with Crippen molar-refractivity contribution in [2.24, 2.45) is 0 Å².